The summed E-state index contributed by atoms with van der Waals surface area (Å²) in [7, 11) is 0. The van der Waals surface area contributed by atoms with E-state index in [9.17, 15) is 9.59 Å². The number of hydrogen-bond donors (Lipinski definition) is 1. The highest BCUT2D eigenvalue weighted by molar-refractivity contribution is 7.13. The lowest BCUT2D eigenvalue weighted by molar-refractivity contribution is 0.0708. The number of halogens is 1. The third-order valence-electron chi connectivity index (χ3n) is 8.04. The first-order valence-corrected chi connectivity index (χ1v) is 17.1. The molecule has 0 unspecified atom stereocenters. The summed E-state index contributed by atoms with van der Waals surface area (Å²) >= 11 is 7.51. The van der Waals surface area contributed by atoms with Crippen LogP contribution in [0.4, 0.5) is 5.69 Å². The Bertz CT molecular complexity index is 1790. The molecule has 242 valence electrons. The number of benzene rings is 2. The molecule has 46 heavy (non-hydrogen) atoms. The summed E-state index contributed by atoms with van der Waals surface area (Å²) in [5.41, 5.74) is 5.20. The molecule has 0 bridgehead atoms. The minimum Gasteiger partial charge on any atom is -0.492 e. The number of carbonyl (C=O) groups is 1. The van der Waals surface area contributed by atoms with Crippen LogP contribution < -0.4 is 20.5 Å². The summed E-state index contributed by atoms with van der Waals surface area (Å²) in [5.74, 6) is 0.444. The summed E-state index contributed by atoms with van der Waals surface area (Å²) < 4.78 is 7.79. The van der Waals surface area contributed by atoms with Crippen LogP contribution in [0.25, 0.3) is 33.6 Å². The molecule has 1 atom stereocenters. The van der Waals surface area contributed by atoms with Gasteiger partial charge in [-0.05, 0) is 84.0 Å². The molecule has 1 amide bonds. The van der Waals surface area contributed by atoms with Crippen molar-refractivity contribution >= 4 is 40.6 Å². The van der Waals surface area contributed by atoms with Crippen LogP contribution in [0.2, 0.25) is 5.02 Å². The predicted octanol–water partition coefficient (Wildman–Crippen LogP) is 7.38. The van der Waals surface area contributed by atoms with E-state index in [0.29, 0.717) is 64.5 Å². The lowest BCUT2D eigenvalue weighted by Crippen LogP contribution is -2.51. The van der Waals surface area contributed by atoms with E-state index < -0.39 is 0 Å². The van der Waals surface area contributed by atoms with Gasteiger partial charge >= 0.3 is 0 Å². The van der Waals surface area contributed by atoms with E-state index in [4.69, 9.17) is 21.3 Å². The van der Waals surface area contributed by atoms with Gasteiger partial charge in [-0.25, -0.2) is 4.98 Å². The maximum absolute atomic E-state index is 14.8. The number of hydrogen-bond acceptors (Lipinski definition) is 7. The van der Waals surface area contributed by atoms with Crippen molar-refractivity contribution in [3.05, 3.63) is 86.1 Å². The van der Waals surface area contributed by atoms with Crippen LogP contribution in [0, 0.1) is 0 Å². The Labute approximate surface area is 280 Å². The molecular weight excluding hydrogens is 618 g/mol. The molecule has 2 aromatic carbocycles. The van der Waals surface area contributed by atoms with Crippen molar-refractivity contribution in [2.75, 3.05) is 44.2 Å². The Morgan fingerprint density at radius 1 is 1.13 bits per heavy atom. The molecule has 2 aromatic heterocycles. The van der Waals surface area contributed by atoms with Gasteiger partial charge in [-0.15, -0.1) is 11.3 Å². The fourth-order valence-corrected chi connectivity index (χ4v) is 6.75. The first kappa shape index (κ1) is 33.4. The van der Waals surface area contributed by atoms with Crippen molar-refractivity contribution in [3.8, 4) is 33.3 Å². The normalized spacial score (nSPS) is 14.7. The van der Waals surface area contributed by atoms with E-state index >= 15 is 0 Å². The van der Waals surface area contributed by atoms with Crippen molar-refractivity contribution in [2.24, 2.45) is 0 Å². The molecule has 4 aromatic rings. The van der Waals surface area contributed by atoms with E-state index in [0.717, 1.165) is 35.6 Å². The van der Waals surface area contributed by atoms with Crippen LogP contribution in [0.5, 0.6) is 5.75 Å². The zero-order valence-electron chi connectivity index (χ0n) is 27.4. The lowest BCUT2D eigenvalue weighted by atomic mass is 10.0. The lowest BCUT2D eigenvalue weighted by Gasteiger charge is -2.32. The maximum Gasteiger partial charge on any atom is 0.266 e. The smallest absolute Gasteiger partial charge is 0.266 e. The molecular formula is C36H42ClN5O3S. The average Bonchev–Trinajstić information content (AvgIpc) is 3.53. The van der Waals surface area contributed by atoms with Crippen molar-refractivity contribution < 1.29 is 9.53 Å². The number of piperazine rings is 1. The van der Waals surface area contributed by atoms with Crippen LogP contribution in [-0.2, 0) is 0 Å². The van der Waals surface area contributed by atoms with Crippen LogP contribution in [0.3, 0.4) is 0 Å². The molecule has 1 N–H and O–H groups in total. The second kappa shape index (κ2) is 14.7. The molecule has 0 aliphatic carbocycles. The van der Waals surface area contributed by atoms with Gasteiger partial charge in [0.2, 0.25) is 0 Å². The standard InChI is InChI=1S/C36H42ClN5O3S/c1-7-40(8-2)27-14-15-33(45-9-3)32(19-27)42-31(18-23(4)5)28(35(43)41-17-16-38-24(6)21-41)20-29(36(42)44)34-39-30(22-46-34)25-10-12-26(37)13-11-25/h10-15,18-20,22,24,38H,7-9,16-17,21H2,1-6H3/t24-/m1/s1. The SMILES string of the molecule is CCOc1ccc(N(CC)CC)cc1-n1c(C=C(C)C)c(C(=O)N2CCN[C@H](C)C2)cc(-c2nc(-c3ccc(Cl)cc3)cs2)c1=O. The minimum atomic E-state index is -0.271. The Hall–Kier alpha value is -3.92. The molecule has 1 aliphatic rings. The number of carbonyl (C=O) groups excluding carboxylic acids is 1. The highest BCUT2D eigenvalue weighted by Gasteiger charge is 2.28. The number of allylic oxidation sites excluding steroid dienone is 1. The number of anilines is 1. The van der Waals surface area contributed by atoms with Crippen molar-refractivity contribution in [3.63, 3.8) is 0 Å². The summed E-state index contributed by atoms with van der Waals surface area (Å²) in [4.78, 5) is 38.3. The summed E-state index contributed by atoms with van der Waals surface area (Å²) in [6.07, 6.45) is 1.92. The number of nitrogens with zero attached hydrogens (tertiary/aromatic N) is 4. The van der Waals surface area contributed by atoms with Crippen molar-refractivity contribution in [2.45, 2.75) is 47.6 Å². The highest BCUT2D eigenvalue weighted by atomic mass is 35.5. The fourth-order valence-electron chi connectivity index (χ4n) is 5.79. The number of ether oxygens (including phenoxy) is 1. The van der Waals surface area contributed by atoms with Crippen LogP contribution >= 0.6 is 22.9 Å². The van der Waals surface area contributed by atoms with Gasteiger partial charge in [0.1, 0.15) is 10.8 Å². The van der Waals surface area contributed by atoms with Gasteiger partial charge in [0.05, 0.1) is 34.8 Å². The van der Waals surface area contributed by atoms with Crippen LogP contribution in [0.1, 0.15) is 57.6 Å². The molecule has 10 heteroatoms. The third kappa shape index (κ3) is 7.07. The largest absolute Gasteiger partial charge is 0.492 e. The number of nitrogens with one attached hydrogen (secondary N) is 1. The average molecular weight is 660 g/mol. The molecule has 1 saturated heterocycles. The molecule has 0 saturated carbocycles. The van der Waals surface area contributed by atoms with Crippen LogP contribution in [0.15, 0.2) is 64.3 Å². The van der Waals surface area contributed by atoms with E-state index in [-0.39, 0.29) is 17.5 Å². The second-order valence-corrected chi connectivity index (χ2v) is 12.9. The van der Waals surface area contributed by atoms with Gasteiger partial charge in [-0.2, -0.15) is 0 Å². The Morgan fingerprint density at radius 3 is 2.52 bits per heavy atom. The number of thiazole rings is 1. The quantitative estimate of drug-likeness (QED) is 0.191. The summed E-state index contributed by atoms with van der Waals surface area (Å²) in [6, 6.07) is 15.3. The van der Waals surface area contributed by atoms with Crippen molar-refractivity contribution in [1.29, 1.82) is 0 Å². The van der Waals surface area contributed by atoms with Gasteiger partial charge in [-0.1, -0.05) is 29.3 Å². The first-order valence-electron chi connectivity index (χ1n) is 15.9. The minimum absolute atomic E-state index is 0.122. The second-order valence-electron chi connectivity index (χ2n) is 11.6. The van der Waals surface area contributed by atoms with Gasteiger partial charge in [0.25, 0.3) is 11.5 Å². The molecule has 0 spiro atoms. The van der Waals surface area contributed by atoms with Gasteiger partial charge < -0.3 is 19.9 Å². The van der Waals surface area contributed by atoms with Gasteiger partial charge in [0, 0.05) is 60.4 Å². The zero-order chi connectivity index (χ0) is 33.0. The molecule has 8 nitrogen and oxygen atoms in total. The Morgan fingerprint density at radius 2 is 1.87 bits per heavy atom. The summed E-state index contributed by atoms with van der Waals surface area (Å²) in [5, 5.41) is 6.52. The number of aromatic nitrogens is 2. The monoisotopic (exact) mass is 659 g/mol. The van der Waals surface area contributed by atoms with Gasteiger partial charge in [0.15, 0.2) is 0 Å². The molecule has 0 radical (unpaired) electrons. The van der Waals surface area contributed by atoms with E-state index in [1.807, 2.05) is 79.6 Å². The predicted molar refractivity (Wildman–Crippen MR) is 191 cm³/mol. The van der Waals surface area contributed by atoms with Crippen molar-refractivity contribution in [1.82, 2.24) is 19.8 Å². The first-order chi connectivity index (χ1) is 22.1. The maximum atomic E-state index is 14.8. The number of rotatable bonds is 10. The third-order valence-corrected chi connectivity index (χ3v) is 9.16. The molecule has 3 heterocycles. The van der Waals surface area contributed by atoms with Gasteiger partial charge in [-0.3, -0.25) is 14.2 Å². The molecule has 5 rings (SSSR count). The fraction of sp³-hybridized carbons (Fsp3) is 0.361. The molecule has 1 fully saturated rings. The van der Waals surface area contributed by atoms with E-state index in [2.05, 4.69) is 31.0 Å². The number of pyridine rings is 1. The Balaban J connectivity index is 1.82. The van der Waals surface area contributed by atoms with Crippen LogP contribution in [-0.4, -0.2) is 65.7 Å². The van der Waals surface area contributed by atoms with E-state index in [1.165, 1.54) is 11.3 Å². The highest BCUT2D eigenvalue weighted by Crippen LogP contribution is 2.34. The summed E-state index contributed by atoms with van der Waals surface area (Å²) in [6.45, 7) is 16.0. The Kier molecular flexibility index (Phi) is 10.7. The molecule has 1 aliphatic heterocycles. The zero-order valence-corrected chi connectivity index (χ0v) is 29.0. The number of amides is 1. The topological polar surface area (TPSA) is 79.7 Å². The van der Waals surface area contributed by atoms with E-state index in [1.54, 1.807) is 10.6 Å².